The minimum Gasteiger partial charge on any atom is -0.491 e. The highest BCUT2D eigenvalue weighted by Crippen LogP contribution is 2.33. The largest absolute Gasteiger partial charge is 0.491 e. The average molecular weight is 466 g/mol. The molecule has 0 unspecified atom stereocenters. The molecule has 3 aromatic rings. The number of fused-ring (bicyclic) bond motifs is 2. The van der Waals surface area contributed by atoms with E-state index in [0.29, 0.717) is 17.2 Å². The molecular formula is C25H31N5O2S. The van der Waals surface area contributed by atoms with Crippen LogP contribution in [0.15, 0.2) is 30.3 Å². The molecule has 0 bridgehead atoms. The van der Waals surface area contributed by atoms with E-state index in [-0.39, 0.29) is 11.9 Å². The number of nitrogen functional groups attached to an aromatic ring is 1. The third-order valence-electron chi connectivity index (χ3n) is 6.41. The molecule has 0 saturated carbocycles. The number of aryl methyl sites for hydroxylation is 1. The van der Waals surface area contributed by atoms with Crippen molar-refractivity contribution in [2.75, 3.05) is 43.4 Å². The summed E-state index contributed by atoms with van der Waals surface area (Å²) >= 11 is 1.34. The van der Waals surface area contributed by atoms with Gasteiger partial charge in [0.15, 0.2) is 0 Å². The first kappa shape index (κ1) is 22.0. The molecule has 1 fully saturated rings. The molecule has 1 atom stereocenters. The van der Waals surface area contributed by atoms with Gasteiger partial charge in [-0.25, -0.2) is 4.98 Å². The van der Waals surface area contributed by atoms with Crippen molar-refractivity contribution in [2.24, 2.45) is 0 Å². The first-order valence-electron chi connectivity index (χ1n) is 11.8. The van der Waals surface area contributed by atoms with Gasteiger partial charge in [-0.2, -0.15) is 0 Å². The fourth-order valence-corrected chi connectivity index (χ4v) is 5.64. The molecule has 0 aliphatic carbocycles. The van der Waals surface area contributed by atoms with Crippen LogP contribution in [0.25, 0.3) is 10.2 Å². The van der Waals surface area contributed by atoms with E-state index < -0.39 is 0 Å². The molecule has 0 radical (unpaired) electrons. The van der Waals surface area contributed by atoms with Gasteiger partial charge < -0.3 is 26.0 Å². The van der Waals surface area contributed by atoms with Crippen molar-refractivity contribution in [1.29, 1.82) is 0 Å². The Hall–Kier alpha value is -2.84. The second kappa shape index (κ2) is 9.57. The van der Waals surface area contributed by atoms with Crippen molar-refractivity contribution in [3.63, 3.8) is 0 Å². The molecule has 33 heavy (non-hydrogen) atoms. The third kappa shape index (κ3) is 4.77. The number of nitrogens with two attached hydrogens (primary N) is 1. The number of carbonyl (C=O) groups excluding carboxylic acids is 1. The normalized spacial score (nSPS) is 19.2. The number of carbonyl (C=O) groups is 1. The van der Waals surface area contributed by atoms with Crippen molar-refractivity contribution in [2.45, 2.75) is 38.6 Å². The van der Waals surface area contributed by atoms with Crippen LogP contribution in [0.3, 0.4) is 0 Å². The Morgan fingerprint density at radius 1 is 1.21 bits per heavy atom. The fraction of sp³-hybridized carbons (Fsp3) is 0.440. The molecule has 4 N–H and O–H groups in total. The van der Waals surface area contributed by atoms with E-state index in [1.807, 2.05) is 19.1 Å². The Bertz CT molecular complexity index is 1150. The van der Waals surface area contributed by atoms with Crippen LogP contribution in [0.4, 0.5) is 11.4 Å². The number of pyridine rings is 1. The number of nitrogens with zero attached hydrogens (tertiary/aromatic N) is 2. The lowest BCUT2D eigenvalue weighted by Gasteiger charge is -2.29. The first-order chi connectivity index (χ1) is 16.1. The van der Waals surface area contributed by atoms with Gasteiger partial charge in [-0.05, 0) is 69.5 Å². The molecule has 174 valence electrons. The number of hydrogen-bond donors (Lipinski definition) is 3. The summed E-state index contributed by atoms with van der Waals surface area (Å²) in [6, 6.07) is 10.3. The highest BCUT2D eigenvalue weighted by atomic mass is 32.1. The Kier molecular flexibility index (Phi) is 6.37. The fourth-order valence-electron chi connectivity index (χ4n) is 4.60. The smallest absolute Gasteiger partial charge is 0.263 e. The Labute approximate surface area is 198 Å². The van der Waals surface area contributed by atoms with Crippen molar-refractivity contribution >= 4 is 38.8 Å². The van der Waals surface area contributed by atoms with Gasteiger partial charge in [-0.3, -0.25) is 4.79 Å². The SMILES string of the molecule is Cc1ccc2c(N)c(C(=O)N[C@H]3COc4cc(N5CCCCNCCC5)ccc4C3)sc2n1. The van der Waals surface area contributed by atoms with Crippen LogP contribution in [0, 0.1) is 6.92 Å². The maximum absolute atomic E-state index is 13.0. The zero-order valence-electron chi connectivity index (χ0n) is 19.0. The van der Waals surface area contributed by atoms with E-state index in [9.17, 15) is 4.79 Å². The molecule has 1 saturated heterocycles. The van der Waals surface area contributed by atoms with E-state index in [0.717, 1.165) is 66.2 Å². The maximum atomic E-state index is 13.0. The molecule has 1 aromatic carbocycles. The van der Waals surface area contributed by atoms with Gasteiger partial charge in [0.05, 0.1) is 11.7 Å². The van der Waals surface area contributed by atoms with Gasteiger partial charge in [0.25, 0.3) is 5.91 Å². The number of amides is 1. The Morgan fingerprint density at radius 3 is 2.97 bits per heavy atom. The standard InChI is InChI=1S/C25H31N5O2S/c1-16-5-8-20-22(26)23(33-25(20)28-16)24(31)29-18-13-17-6-7-19(14-21(17)32-15-18)30-11-3-2-9-27-10-4-12-30/h5-8,14,18,27H,2-4,9-13,15,26H2,1H3,(H,29,31)/t18-/m1/s1. The van der Waals surface area contributed by atoms with Crippen LogP contribution in [0.2, 0.25) is 0 Å². The highest BCUT2D eigenvalue weighted by Gasteiger charge is 2.25. The van der Waals surface area contributed by atoms with Gasteiger partial charge >= 0.3 is 0 Å². The van der Waals surface area contributed by atoms with E-state index in [2.05, 4.69) is 38.7 Å². The lowest BCUT2D eigenvalue weighted by atomic mass is 10.0. The summed E-state index contributed by atoms with van der Waals surface area (Å²) in [4.78, 5) is 21.3. The molecule has 1 amide bonds. The summed E-state index contributed by atoms with van der Waals surface area (Å²) in [5, 5.41) is 7.45. The second-order valence-corrected chi connectivity index (χ2v) is 9.92. The number of anilines is 2. The molecule has 0 spiro atoms. The predicted octanol–water partition coefficient (Wildman–Crippen LogP) is 3.50. The third-order valence-corrected chi connectivity index (χ3v) is 7.52. The molecule has 2 aliphatic heterocycles. The van der Waals surface area contributed by atoms with Crippen LogP contribution < -0.4 is 26.0 Å². The Morgan fingerprint density at radius 2 is 2.06 bits per heavy atom. The summed E-state index contributed by atoms with van der Waals surface area (Å²) in [6.45, 7) is 6.69. The number of benzene rings is 1. The van der Waals surface area contributed by atoms with Gasteiger partial charge in [0.2, 0.25) is 0 Å². The monoisotopic (exact) mass is 465 g/mol. The lowest BCUT2D eigenvalue weighted by Crippen LogP contribution is -2.42. The van der Waals surface area contributed by atoms with Crippen molar-refractivity contribution in [1.82, 2.24) is 15.6 Å². The number of hydrogen-bond acceptors (Lipinski definition) is 7. The van der Waals surface area contributed by atoms with Crippen LogP contribution in [-0.4, -0.2) is 49.7 Å². The van der Waals surface area contributed by atoms with E-state index in [4.69, 9.17) is 10.5 Å². The zero-order valence-corrected chi connectivity index (χ0v) is 19.8. The summed E-state index contributed by atoms with van der Waals surface area (Å²) in [5.41, 5.74) is 10.0. The highest BCUT2D eigenvalue weighted by molar-refractivity contribution is 7.21. The maximum Gasteiger partial charge on any atom is 0.263 e. The number of aromatic nitrogens is 1. The first-order valence-corrected chi connectivity index (χ1v) is 12.6. The molecule has 4 heterocycles. The Balaban J connectivity index is 1.26. The van der Waals surface area contributed by atoms with E-state index in [1.165, 1.54) is 29.9 Å². The molecule has 2 aliphatic rings. The summed E-state index contributed by atoms with van der Waals surface area (Å²) in [7, 11) is 0. The van der Waals surface area contributed by atoms with E-state index in [1.54, 1.807) is 0 Å². The van der Waals surface area contributed by atoms with Gasteiger partial charge in [-0.15, -0.1) is 11.3 Å². The van der Waals surface area contributed by atoms with Gasteiger partial charge in [0.1, 0.15) is 22.1 Å². The molecule has 5 rings (SSSR count). The molecular weight excluding hydrogens is 434 g/mol. The number of rotatable bonds is 3. The predicted molar refractivity (Wildman–Crippen MR) is 135 cm³/mol. The van der Waals surface area contributed by atoms with Crippen LogP contribution in [0.5, 0.6) is 5.75 Å². The topological polar surface area (TPSA) is 92.5 Å². The van der Waals surface area contributed by atoms with Crippen LogP contribution in [-0.2, 0) is 6.42 Å². The van der Waals surface area contributed by atoms with Gasteiger partial charge in [0, 0.05) is 35.9 Å². The zero-order chi connectivity index (χ0) is 22.8. The van der Waals surface area contributed by atoms with Crippen molar-refractivity contribution in [3.8, 4) is 5.75 Å². The van der Waals surface area contributed by atoms with Crippen molar-refractivity contribution in [3.05, 3.63) is 46.5 Å². The van der Waals surface area contributed by atoms with Crippen LogP contribution >= 0.6 is 11.3 Å². The molecule has 2 aromatic heterocycles. The minimum absolute atomic E-state index is 0.0913. The number of nitrogens with one attached hydrogen (secondary N) is 2. The summed E-state index contributed by atoms with van der Waals surface area (Å²) in [6.07, 6.45) is 4.28. The van der Waals surface area contributed by atoms with Gasteiger partial charge in [-0.1, -0.05) is 6.07 Å². The molecule has 8 heteroatoms. The quantitative estimate of drug-likeness (QED) is 0.548. The number of thiophene rings is 1. The average Bonchev–Trinajstić information content (AvgIpc) is 3.21. The van der Waals surface area contributed by atoms with Crippen LogP contribution in [0.1, 0.15) is 40.2 Å². The molecule has 7 nitrogen and oxygen atoms in total. The summed E-state index contributed by atoms with van der Waals surface area (Å²) < 4.78 is 6.10. The van der Waals surface area contributed by atoms with Crippen molar-refractivity contribution < 1.29 is 9.53 Å². The minimum atomic E-state index is -0.160. The second-order valence-electron chi connectivity index (χ2n) is 8.93. The van der Waals surface area contributed by atoms with E-state index >= 15 is 0 Å². The lowest BCUT2D eigenvalue weighted by molar-refractivity contribution is 0.0920. The summed E-state index contributed by atoms with van der Waals surface area (Å²) in [5.74, 6) is 0.768. The number of ether oxygens (including phenoxy) is 1.